The topological polar surface area (TPSA) is 0 Å². The summed E-state index contributed by atoms with van der Waals surface area (Å²) in [7, 11) is 0. The largest absolute Gasteiger partial charge is 0.0654 e. The van der Waals surface area contributed by atoms with Crippen LogP contribution >= 0.6 is 0 Å². The van der Waals surface area contributed by atoms with Crippen LogP contribution in [0.5, 0.6) is 0 Å². The Balaban J connectivity index is 2.02. The highest BCUT2D eigenvalue weighted by Crippen LogP contribution is 2.28. The smallest absolute Gasteiger partial charge is 0.0340 e. The van der Waals surface area contributed by atoms with Crippen molar-refractivity contribution in [3.05, 3.63) is 77.7 Å². The van der Waals surface area contributed by atoms with Crippen molar-refractivity contribution in [3.8, 4) is 0 Å². The van der Waals surface area contributed by atoms with Gasteiger partial charge in [0.1, 0.15) is 0 Å². The molecule has 2 aromatic rings. The van der Waals surface area contributed by atoms with Gasteiger partial charge in [0, 0.05) is 5.92 Å². The van der Waals surface area contributed by atoms with Gasteiger partial charge in [0.15, 0.2) is 0 Å². The van der Waals surface area contributed by atoms with Crippen LogP contribution in [0.1, 0.15) is 56.6 Å². The SMILES string of the molecule is CCCCCCC[C](c1ccccc1)c1ccccc1. The Morgan fingerprint density at radius 2 is 1.15 bits per heavy atom. The summed E-state index contributed by atoms with van der Waals surface area (Å²) in [6, 6.07) is 21.6. The lowest BCUT2D eigenvalue weighted by Gasteiger charge is -2.17. The second-order valence-electron chi connectivity index (χ2n) is 5.37. The molecule has 105 valence electrons. The van der Waals surface area contributed by atoms with Crippen LogP contribution in [0.25, 0.3) is 0 Å². The summed E-state index contributed by atoms with van der Waals surface area (Å²) >= 11 is 0. The van der Waals surface area contributed by atoms with Crippen LogP contribution in [-0.2, 0) is 0 Å². The van der Waals surface area contributed by atoms with Gasteiger partial charge in [-0.2, -0.15) is 0 Å². The fourth-order valence-corrected chi connectivity index (χ4v) is 2.64. The summed E-state index contributed by atoms with van der Waals surface area (Å²) in [5.74, 6) is 1.49. The fourth-order valence-electron chi connectivity index (χ4n) is 2.64. The van der Waals surface area contributed by atoms with E-state index in [2.05, 4.69) is 67.6 Å². The minimum atomic E-state index is 1.18. The van der Waals surface area contributed by atoms with Gasteiger partial charge in [-0.05, 0) is 17.5 Å². The first-order chi connectivity index (χ1) is 9.92. The Kier molecular flexibility index (Phi) is 6.37. The van der Waals surface area contributed by atoms with Crippen molar-refractivity contribution in [3.63, 3.8) is 0 Å². The lowest BCUT2D eigenvalue weighted by atomic mass is 9.87. The first-order valence-electron chi connectivity index (χ1n) is 7.88. The highest BCUT2D eigenvalue weighted by molar-refractivity contribution is 5.45. The molecule has 0 aliphatic carbocycles. The molecule has 0 aromatic heterocycles. The van der Waals surface area contributed by atoms with E-state index in [0.717, 1.165) is 0 Å². The first-order valence-corrected chi connectivity index (χ1v) is 7.88. The number of hydrogen-bond donors (Lipinski definition) is 0. The molecule has 0 amide bonds. The van der Waals surface area contributed by atoms with E-state index in [1.165, 1.54) is 55.6 Å². The van der Waals surface area contributed by atoms with Crippen LogP contribution in [0.2, 0.25) is 0 Å². The third kappa shape index (κ3) is 4.52. The molecule has 2 rings (SSSR count). The second kappa shape index (κ2) is 8.58. The van der Waals surface area contributed by atoms with Gasteiger partial charge in [-0.15, -0.1) is 0 Å². The van der Waals surface area contributed by atoms with Crippen LogP contribution in [0.3, 0.4) is 0 Å². The first kappa shape index (κ1) is 14.8. The van der Waals surface area contributed by atoms with Crippen molar-refractivity contribution >= 4 is 0 Å². The Bertz CT molecular complexity index is 418. The Morgan fingerprint density at radius 1 is 0.650 bits per heavy atom. The maximum atomic E-state index is 2.27. The highest BCUT2D eigenvalue weighted by Gasteiger charge is 2.13. The van der Waals surface area contributed by atoms with Gasteiger partial charge in [0.2, 0.25) is 0 Å². The fraction of sp³-hybridized carbons (Fsp3) is 0.350. The molecular weight excluding hydrogens is 240 g/mol. The molecule has 0 aliphatic rings. The molecule has 0 N–H and O–H groups in total. The zero-order valence-electron chi connectivity index (χ0n) is 12.5. The van der Waals surface area contributed by atoms with E-state index in [4.69, 9.17) is 0 Å². The van der Waals surface area contributed by atoms with Gasteiger partial charge in [0.25, 0.3) is 0 Å². The molecule has 0 fully saturated rings. The molecule has 0 aliphatic heterocycles. The van der Waals surface area contributed by atoms with Crippen LogP contribution in [0.15, 0.2) is 60.7 Å². The van der Waals surface area contributed by atoms with Gasteiger partial charge in [-0.1, -0.05) is 99.7 Å². The molecule has 2 aromatic carbocycles. The predicted molar refractivity (Wildman–Crippen MR) is 87.7 cm³/mol. The van der Waals surface area contributed by atoms with Crippen molar-refractivity contribution in [2.75, 3.05) is 0 Å². The highest BCUT2D eigenvalue weighted by atomic mass is 14.2. The van der Waals surface area contributed by atoms with E-state index < -0.39 is 0 Å². The summed E-state index contributed by atoms with van der Waals surface area (Å²) in [4.78, 5) is 0. The van der Waals surface area contributed by atoms with Crippen LogP contribution in [0.4, 0.5) is 0 Å². The Morgan fingerprint density at radius 3 is 1.65 bits per heavy atom. The predicted octanol–water partition coefficient (Wildman–Crippen LogP) is 6.02. The van der Waals surface area contributed by atoms with Crippen LogP contribution in [0, 0.1) is 5.92 Å². The minimum Gasteiger partial charge on any atom is -0.0654 e. The number of benzene rings is 2. The maximum Gasteiger partial charge on any atom is 0.0340 e. The Labute approximate surface area is 123 Å². The second-order valence-corrected chi connectivity index (χ2v) is 5.37. The normalized spacial score (nSPS) is 10.9. The number of rotatable bonds is 8. The van der Waals surface area contributed by atoms with Gasteiger partial charge < -0.3 is 0 Å². The summed E-state index contributed by atoms with van der Waals surface area (Å²) in [5, 5.41) is 0. The molecule has 0 heterocycles. The summed E-state index contributed by atoms with van der Waals surface area (Å²) < 4.78 is 0. The number of unbranched alkanes of at least 4 members (excludes halogenated alkanes) is 4. The monoisotopic (exact) mass is 265 g/mol. The van der Waals surface area contributed by atoms with Gasteiger partial charge in [-0.3, -0.25) is 0 Å². The average molecular weight is 265 g/mol. The molecule has 0 nitrogen and oxygen atoms in total. The van der Waals surface area contributed by atoms with Crippen LogP contribution < -0.4 is 0 Å². The summed E-state index contributed by atoms with van der Waals surface area (Å²) in [6.07, 6.45) is 7.86. The van der Waals surface area contributed by atoms with Crippen molar-refractivity contribution < 1.29 is 0 Å². The van der Waals surface area contributed by atoms with Crippen molar-refractivity contribution in [2.45, 2.75) is 45.4 Å². The van der Waals surface area contributed by atoms with Gasteiger partial charge in [-0.25, -0.2) is 0 Å². The third-order valence-corrected chi connectivity index (χ3v) is 3.77. The van der Waals surface area contributed by atoms with Crippen molar-refractivity contribution in [2.24, 2.45) is 0 Å². The van der Waals surface area contributed by atoms with E-state index in [9.17, 15) is 0 Å². The lowest BCUT2D eigenvalue weighted by Crippen LogP contribution is -2.02. The molecule has 0 saturated heterocycles. The molecule has 1 radical (unpaired) electrons. The summed E-state index contributed by atoms with van der Waals surface area (Å²) in [5.41, 5.74) is 2.74. The van der Waals surface area contributed by atoms with E-state index >= 15 is 0 Å². The molecule has 0 heteroatoms. The van der Waals surface area contributed by atoms with E-state index in [1.807, 2.05) is 0 Å². The molecule has 0 atom stereocenters. The summed E-state index contributed by atoms with van der Waals surface area (Å²) in [6.45, 7) is 2.27. The molecule has 0 saturated carbocycles. The van der Waals surface area contributed by atoms with Crippen molar-refractivity contribution in [1.82, 2.24) is 0 Å². The van der Waals surface area contributed by atoms with E-state index in [1.54, 1.807) is 0 Å². The number of hydrogen-bond acceptors (Lipinski definition) is 0. The quantitative estimate of drug-likeness (QED) is 0.512. The van der Waals surface area contributed by atoms with E-state index in [-0.39, 0.29) is 0 Å². The lowest BCUT2D eigenvalue weighted by molar-refractivity contribution is 0.621. The maximum absolute atomic E-state index is 2.27. The standard InChI is InChI=1S/C20H25/c1-2-3-4-5-12-17-20(18-13-8-6-9-14-18)19-15-10-7-11-16-19/h6-11,13-16H,2-5,12,17H2,1H3. The zero-order valence-corrected chi connectivity index (χ0v) is 12.5. The molecule has 20 heavy (non-hydrogen) atoms. The van der Waals surface area contributed by atoms with Gasteiger partial charge >= 0.3 is 0 Å². The van der Waals surface area contributed by atoms with E-state index in [0.29, 0.717) is 0 Å². The molecule has 0 unspecified atom stereocenters. The van der Waals surface area contributed by atoms with Crippen LogP contribution in [-0.4, -0.2) is 0 Å². The van der Waals surface area contributed by atoms with Gasteiger partial charge in [0.05, 0.1) is 0 Å². The third-order valence-electron chi connectivity index (χ3n) is 3.77. The molecule has 0 spiro atoms. The molecular formula is C20H25. The minimum absolute atomic E-state index is 1.18. The average Bonchev–Trinajstić information content (AvgIpc) is 2.53. The Hall–Kier alpha value is -1.56. The zero-order chi connectivity index (χ0) is 14.0. The van der Waals surface area contributed by atoms with Crippen molar-refractivity contribution in [1.29, 1.82) is 0 Å². The molecule has 0 bridgehead atoms.